The van der Waals surface area contributed by atoms with Gasteiger partial charge in [-0.25, -0.2) is 4.98 Å². The SMILES string of the molecule is CC(C)CC(C)NC(=O)c1cc(N)ncc1Br. The van der Waals surface area contributed by atoms with Gasteiger partial charge >= 0.3 is 0 Å². The van der Waals surface area contributed by atoms with E-state index >= 15 is 0 Å². The molecule has 94 valence electrons. The number of pyridine rings is 1. The largest absolute Gasteiger partial charge is 0.384 e. The molecule has 1 aromatic rings. The molecule has 0 aromatic carbocycles. The fraction of sp³-hybridized carbons (Fsp3) is 0.500. The number of aromatic nitrogens is 1. The smallest absolute Gasteiger partial charge is 0.252 e. The van der Waals surface area contributed by atoms with E-state index in [4.69, 9.17) is 5.73 Å². The summed E-state index contributed by atoms with van der Waals surface area (Å²) in [5.41, 5.74) is 6.09. The second-order valence-corrected chi connectivity index (χ2v) is 5.45. The molecule has 1 heterocycles. The minimum absolute atomic E-state index is 0.126. The van der Waals surface area contributed by atoms with Crippen LogP contribution in [0.1, 0.15) is 37.6 Å². The first-order valence-corrected chi connectivity index (χ1v) is 6.41. The van der Waals surface area contributed by atoms with Gasteiger partial charge in [-0.3, -0.25) is 4.79 Å². The minimum atomic E-state index is -0.126. The third kappa shape index (κ3) is 4.34. The van der Waals surface area contributed by atoms with Gasteiger partial charge in [0.25, 0.3) is 5.91 Å². The van der Waals surface area contributed by atoms with E-state index in [1.807, 2.05) is 6.92 Å². The van der Waals surface area contributed by atoms with Gasteiger partial charge in [0.15, 0.2) is 0 Å². The summed E-state index contributed by atoms with van der Waals surface area (Å²) < 4.78 is 0.654. The van der Waals surface area contributed by atoms with Gasteiger partial charge < -0.3 is 11.1 Å². The van der Waals surface area contributed by atoms with E-state index in [2.05, 4.69) is 40.1 Å². The van der Waals surface area contributed by atoms with Crippen LogP contribution in [-0.2, 0) is 0 Å². The lowest BCUT2D eigenvalue weighted by atomic mass is 10.0. The van der Waals surface area contributed by atoms with Crippen LogP contribution >= 0.6 is 15.9 Å². The van der Waals surface area contributed by atoms with Crippen molar-refractivity contribution in [2.45, 2.75) is 33.2 Å². The van der Waals surface area contributed by atoms with Crippen LogP contribution in [0.15, 0.2) is 16.7 Å². The number of nitrogens with two attached hydrogens (primary N) is 1. The molecule has 0 aliphatic carbocycles. The summed E-state index contributed by atoms with van der Waals surface area (Å²) in [5, 5.41) is 2.94. The third-order valence-corrected chi connectivity index (χ3v) is 2.96. The maximum absolute atomic E-state index is 12.0. The van der Waals surface area contributed by atoms with Crippen LogP contribution in [0.5, 0.6) is 0 Å². The molecule has 1 aromatic heterocycles. The first kappa shape index (κ1) is 14.0. The first-order valence-electron chi connectivity index (χ1n) is 5.62. The van der Waals surface area contributed by atoms with Crippen LogP contribution in [0.25, 0.3) is 0 Å². The minimum Gasteiger partial charge on any atom is -0.384 e. The molecule has 0 spiro atoms. The number of amides is 1. The Balaban J connectivity index is 2.73. The van der Waals surface area contributed by atoms with Gasteiger partial charge in [-0.15, -0.1) is 0 Å². The summed E-state index contributed by atoms with van der Waals surface area (Å²) in [6.07, 6.45) is 2.49. The van der Waals surface area contributed by atoms with E-state index < -0.39 is 0 Å². The highest BCUT2D eigenvalue weighted by Crippen LogP contribution is 2.17. The molecule has 0 bridgehead atoms. The summed E-state index contributed by atoms with van der Waals surface area (Å²) >= 11 is 3.29. The highest BCUT2D eigenvalue weighted by Gasteiger charge is 2.14. The molecule has 0 radical (unpaired) electrons. The molecular formula is C12H18BrN3O. The molecule has 3 N–H and O–H groups in total. The van der Waals surface area contributed by atoms with Crippen molar-refractivity contribution >= 4 is 27.7 Å². The van der Waals surface area contributed by atoms with E-state index in [0.29, 0.717) is 21.8 Å². The fourth-order valence-electron chi connectivity index (χ4n) is 1.70. The summed E-state index contributed by atoms with van der Waals surface area (Å²) in [6.45, 7) is 6.25. The summed E-state index contributed by atoms with van der Waals surface area (Å²) in [5.74, 6) is 0.769. The van der Waals surface area contributed by atoms with Crippen molar-refractivity contribution in [3.05, 3.63) is 22.3 Å². The van der Waals surface area contributed by atoms with Gasteiger partial charge in [0.1, 0.15) is 5.82 Å². The van der Waals surface area contributed by atoms with E-state index in [1.54, 1.807) is 6.07 Å². The lowest BCUT2D eigenvalue weighted by Gasteiger charge is -2.16. The standard InChI is InChI=1S/C12H18BrN3O/c1-7(2)4-8(3)16-12(17)9-5-11(14)15-6-10(9)13/h5-8H,4H2,1-3H3,(H2,14,15)(H,16,17). The van der Waals surface area contributed by atoms with Crippen LogP contribution < -0.4 is 11.1 Å². The lowest BCUT2D eigenvalue weighted by Crippen LogP contribution is -2.33. The second kappa shape index (κ2) is 6.00. The van der Waals surface area contributed by atoms with Crippen LogP contribution in [-0.4, -0.2) is 16.9 Å². The second-order valence-electron chi connectivity index (χ2n) is 4.59. The Labute approximate surface area is 110 Å². The zero-order chi connectivity index (χ0) is 13.0. The van der Waals surface area contributed by atoms with E-state index in [-0.39, 0.29) is 11.9 Å². The maximum atomic E-state index is 12.0. The van der Waals surface area contributed by atoms with Crippen molar-refractivity contribution < 1.29 is 4.79 Å². The third-order valence-electron chi connectivity index (χ3n) is 2.32. The van der Waals surface area contributed by atoms with Crippen LogP contribution in [0, 0.1) is 5.92 Å². The van der Waals surface area contributed by atoms with Gasteiger partial charge in [0.2, 0.25) is 0 Å². The summed E-state index contributed by atoms with van der Waals surface area (Å²) in [7, 11) is 0. The van der Waals surface area contributed by atoms with Crippen molar-refractivity contribution in [3.63, 3.8) is 0 Å². The number of nitrogens with one attached hydrogen (secondary N) is 1. The van der Waals surface area contributed by atoms with Gasteiger partial charge in [-0.2, -0.15) is 0 Å². The fourth-order valence-corrected chi connectivity index (χ4v) is 2.09. The number of carbonyl (C=O) groups excluding carboxylic acids is 1. The van der Waals surface area contributed by atoms with Crippen LogP contribution in [0.3, 0.4) is 0 Å². The molecule has 0 fully saturated rings. The molecule has 0 saturated carbocycles. The molecule has 1 unspecified atom stereocenters. The number of carbonyl (C=O) groups is 1. The molecule has 5 heteroatoms. The number of hydrogen-bond acceptors (Lipinski definition) is 3. The normalized spacial score (nSPS) is 12.5. The topological polar surface area (TPSA) is 68.0 Å². The van der Waals surface area contributed by atoms with Gasteiger partial charge in [-0.05, 0) is 41.3 Å². The average Bonchev–Trinajstić information content (AvgIpc) is 2.20. The van der Waals surface area contributed by atoms with Crippen molar-refractivity contribution in [2.24, 2.45) is 5.92 Å². The average molecular weight is 300 g/mol. The molecule has 17 heavy (non-hydrogen) atoms. The van der Waals surface area contributed by atoms with E-state index in [0.717, 1.165) is 6.42 Å². The molecule has 0 aliphatic heterocycles. The lowest BCUT2D eigenvalue weighted by molar-refractivity contribution is 0.0935. The maximum Gasteiger partial charge on any atom is 0.252 e. The highest BCUT2D eigenvalue weighted by molar-refractivity contribution is 9.10. The van der Waals surface area contributed by atoms with Crippen LogP contribution in [0.2, 0.25) is 0 Å². The summed E-state index contributed by atoms with van der Waals surface area (Å²) in [4.78, 5) is 15.9. The van der Waals surface area contributed by atoms with Crippen molar-refractivity contribution in [3.8, 4) is 0 Å². The Kier molecular flexibility index (Phi) is 4.93. The Morgan fingerprint density at radius 2 is 2.18 bits per heavy atom. The Morgan fingerprint density at radius 3 is 2.76 bits per heavy atom. The Morgan fingerprint density at radius 1 is 1.53 bits per heavy atom. The molecule has 4 nitrogen and oxygen atoms in total. The van der Waals surface area contributed by atoms with Crippen LogP contribution in [0.4, 0.5) is 5.82 Å². The number of nitrogens with zero attached hydrogens (tertiary/aromatic N) is 1. The molecule has 1 atom stereocenters. The quantitative estimate of drug-likeness (QED) is 0.898. The van der Waals surface area contributed by atoms with Crippen molar-refractivity contribution in [1.29, 1.82) is 0 Å². The number of halogens is 1. The number of anilines is 1. The van der Waals surface area contributed by atoms with Crippen molar-refractivity contribution in [1.82, 2.24) is 10.3 Å². The van der Waals surface area contributed by atoms with Gasteiger partial charge in [-0.1, -0.05) is 13.8 Å². The zero-order valence-corrected chi connectivity index (χ0v) is 11.9. The zero-order valence-electron chi connectivity index (χ0n) is 10.3. The highest BCUT2D eigenvalue weighted by atomic mass is 79.9. The predicted octanol–water partition coefficient (Wildman–Crippen LogP) is 2.59. The molecule has 1 rings (SSSR count). The van der Waals surface area contributed by atoms with E-state index in [1.165, 1.54) is 6.20 Å². The Bertz CT molecular complexity index is 407. The van der Waals surface area contributed by atoms with E-state index in [9.17, 15) is 4.79 Å². The molecule has 0 aliphatic rings. The van der Waals surface area contributed by atoms with Gasteiger partial charge in [0.05, 0.1) is 5.56 Å². The first-order chi connectivity index (χ1) is 7.90. The molecular weight excluding hydrogens is 282 g/mol. The molecule has 1 amide bonds. The number of nitrogen functional groups attached to an aromatic ring is 1. The monoisotopic (exact) mass is 299 g/mol. The Hall–Kier alpha value is -1.10. The number of rotatable bonds is 4. The predicted molar refractivity (Wildman–Crippen MR) is 72.7 cm³/mol. The van der Waals surface area contributed by atoms with Gasteiger partial charge in [0, 0.05) is 16.7 Å². The van der Waals surface area contributed by atoms with Crippen molar-refractivity contribution in [2.75, 3.05) is 5.73 Å². The summed E-state index contributed by atoms with van der Waals surface area (Å²) in [6, 6.07) is 1.71. The number of hydrogen-bond donors (Lipinski definition) is 2. The molecule has 0 saturated heterocycles.